The lowest BCUT2D eigenvalue weighted by molar-refractivity contribution is 0.0219. The molecule has 7 rings (SSSR count). The second-order valence-electron chi connectivity index (χ2n) is 13.5. The molecule has 1 aliphatic heterocycles. The first kappa shape index (κ1) is 30.0. The average Bonchev–Trinajstić information content (AvgIpc) is 3.79. The molecular weight excluding hydrogens is 572 g/mol. The molecule has 2 aromatic heterocycles. The minimum atomic E-state index is -0.539. The number of aromatic nitrogens is 4. The summed E-state index contributed by atoms with van der Waals surface area (Å²) in [5, 5.41) is 2.36. The largest absolute Gasteiger partial charge is 0.444 e. The minimum absolute atomic E-state index is 0.0821. The number of nitrogens with one attached hydrogen (secondary N) is 2. The summed E-state index contributed by atoms with van der Waals surface area (Å²) in [6.45, 7) is 8.54. The number of carbonyl (C=O) groups excluding carboxylic acids is 1. The number of ether oxygens (including phenoxy) is 1. The van der Waals surface area contributed by atoms with Crippen molar-refractivity contribution in [2.24, 2.45) is 5.73 Å². The lowest BCUT2D eigenvalue weighted by Gasteiger charge is -2.27. The van der Waals surface area contributed by atoms with Crippen LogP contribution in [-0.2, 0) is 4.74 Å². The van der Waals surface area contributed by atoms with Crippen LogP contribution in [0.1, 0.15) is 83.5 Å². The van der Waals surface area contributed by atoms with Gasteiger partial charge in [-0.25, -0.2) is 14.8 Å². The number of H-pyrrole nitrogens is 2. The quantitative estimate of drug-likeness (QED) is 0.166. The van der Waals surface area contributed by atoms with E-state index in [1.54, 1.807) is 4.90 Å². The Bertz CT molecular complexity index is 2050. The number of hydrogen-bond acceptors (Lipinski definition) is 5. The van der Waals surface area contributed by atoms with E-state index in [2.05, 4.69) is 89.7 Å². The van der Waals surface area contributed by atoms with E-state index in [0.29, 0.717) is 6.54 Å². The molecule has 3 heterocycles. The summed E-state index contributed by atoms with van der Waals surface area (Å²) in [7, 11) is 0. The molecule has 8 heteroatoms. The van der Waals surface area contributed by atoms with Crippen LogP contribution in [0.2, 0.25) is 0 Å². The van der Waals surface area contributed by atoms with Gasteiger partial charge >= 0.3 is 6.09 Å². The van der Waals surface area contributed by atoms with Crippen molar-refractivity contribution < 1.29 is 9.53 Å². The number of imidazole rings is 2. The van der Waals surface area contributed by atoms with Crippen molar-refractivity contribution in [3.8, 4) is 22.3 Å². The maximum absolute atomic E-state index is 12.9. The van der Waals surface area contributed by atoms with Gasteiger partial charge in [0.05, 0.1) is 34.2 Å². The van der Waals surface area contributed by atoms with Crippen molar-refractivity contribution in [3.63, 3.8) is 0 Å². The number of aromatic amines is 2. The Hall–Kier alpha value is -4.69. The molecule has 0 radical (unpaired) electrons. The Morgan fingerprint density at radius 2 is 1.57 bits per heavy atom. The maximum atomic E-state index is 12.9. The van der Waals surface area contributed by atoms with Crippen LogP contribution >= 0.6 is 0 Å². The van der Waals surface area contributed by atoms with Gasteiger partial charge in [-0.3, -0.25) is 4.90 Å². The van der Waals surface area contributed by atoms with Gasteiger partial charge in [-0.15, -0.1) is 0 Å². The monoisotopic (exact) mass is 614 g/mol. The number of amides is 1. The molecule has 1 amide bonds. The van der Waals surface area contributed by atoms with Gasteiger partial charge in [0.15, 0.2) is 0 Å². The molecule has 4 N–H and O–H groups in total. The maximum Gasteiger partial charge on any atom is 0.410 e. The SMILES string of the molecule is CCCCC(N)c1nc2ccc(-c3cccc4c(-c5ccc6nc(C7CCCN7C(=O)OC(C)(C)C)[nH]c6c5)cccc34)cc2[nH]1. The highest BCUT2D eigenvalue weighted by Crippen LogP contribution is 2.38. The Morgan fingerprint density at radius 1 is 0.935 bits per heavy atom. The number of benzene rings is 4. The number of likely N-dealkylation sites (tertiary alicyclic amines) is 1. The number of nitrogens with zero attached hydrogens (tertiary/aromatic N) is 3. The summed E-state index contributed by atoms with van der Waals surface area (Å²) in [5.41, 5.74) is 14.2. The van der Waals surface area contributed by atoms with Gasteiger partial charge in [0.1, 0.15) is 17.2 Å². The van der Waals surface area contributed by atoms with Gasteiger partial charge in [0, 0.05) is 6.54 Å². The van der Waals surface area contributed by atoms with Gasteiger partial charge in [-0.2, -0.15) is 0 Å². The Kier molecular flexibility index (Phi) is 7.77. The molecule has 0 saturated carbocycles. The molecule has 1 fully saturated rings. The van der Waals surface area contributed by atoms with Gasteiger partial charge in [0.25, 0.3) is 0 Å². The Balaban J connectivity index is 1.21. The van der Waals surface area contributed by atoms with Crippen molar-refractivity contribution in [2.45, 2.75) is 77.5 Å². The molecule has 8 nitrogen and oxygen atoms in total. The van der Waals surface area contributed by atoms with Gasteiger partial charge < -0.3 is 20.4 Å². The predicted molar refractivity (Wildman–Crippen MR) is 185 cm³/mol. The summed E-state index contributed by atoms with van der Waals surface area (Å²) in [5.74, 6) is 1.66. The molecular formula is C38H42N6O2. The smallest absolute Gasteiger partial charge is 0.410 e. The van der Waals surface area contributed by atoms with Gasteiger partial charge in [-0.05, 0) is 97.3 Å². The zero-order valence-electron chi connectivity index (χ0n) is 27.1. The molecule has 4 aromatic carbocycles. The van der Waals surface area contributed by atoms with E-state index in [9.17, 15) is 4.79 Å². The molecule has 1 aliphatic rings. The van der Waals surface area contributed by atoms with E-state index in [0.717, 1.165) is 82.5 Å². The van der Waals surface area contributed by atoms with Crippen molar-refractivity contribution in [1.82, 2.24) is 24.8 Å². The first-order valence-electron chi connectivity index (χ1n) is 16.5. The van der Waals surface area contributed by atoms with Crippen LogP contribution in [0.5, 0.6) is 0 Å². The number of carbonyl (C=O) groups is 1. The Morgan fingerprint density at radius 3 is 2.20 bits per heavy atom. The van der Waals surface area contributed by atoms with Crippen LogP contribution in [0.25, 0.3) is 55.1 Å². The first-order valence-corrected chi connectivity index (χ1v) is 16.5. The minimum Gasteiger partial charge on any atom is -0.444 e. The fourth-order valence-corrected chi connectivity index (χ4v) is 6.69. The number of hydrogen-bond donors (Lipinski definition) is 3. The highest BCUT2D eigenvalue weighted by Gasteiger charge is 2.35. The second-order valence-corrected chi connectivity index (χ2v) is 13.5. The van der Waals surface area contributed by atoms with Crippen molar-refractivity contribution >= 4 is 38.9 Å². The highest BCUT2D eigenvalue weighted by atomic mass is 16.6. The van der Waals surface area contributed by atoms with Gasteiger partial charge in [0.2, 0.25) is 0 Å². The molecule has 236 valence electrons. The summed E-state index contributed by atoms with van der Waals surface area (Å²) in [6, 6.07) is 25.6. The third kappa shape index (κ3) is 5.73. The third-order valence-electron chi connectivity index (χ3n) is 8.96. The molecule has 2 atom stereocenters. The predicted octanol–water partition coefficient (Wildman–Crippen LogP) is 9.19. The fourth-order valence-electron chi connectivity index (χ4n) is 6.69. The standard InChI is InChI=1S/C38H42N6O2/c1-5-6-14-29(39)35-40-30-18-16-23(21-32(30)42-35)25-10-7-13-28-26(11-8-12-27(25)28)24-17-19-31-33(22-24)43-36(41-31)34-15-9-20-44(34)37(45)46-38(2,3)4/h7-8,10-13,16-19,21-22,29,34H,5-6,9,14-15,20,39H2,1-4H3,(H,40,42)(H,41,43). The number of fused-ring (bicyclic) bond motifs is 3. The molecule has 0 bridgehead atoms. The van der Waals surface area contributed by atoms with Crippen molar-refractivity contribution in [2.75, 3.05) is 6.54 Å². The van der Waals surface area contributed by atoms with Crippen LogP contribution in [0, 0.1) is 0 Å². The highest BCUT2D eigenvalue weighted by molar-refractivity contribution is 6.05. The lowest BCUT2D eigenvalue weighted by Crippen LogP contribution is -2.36. The second kappa shape index (κ2) is 11.9. The van der Waals surface area contributed by atoms with E-state index in [1.165, 1.54) is 16.3 Å². The topological polar surface area (TPSA) is 113 Å². The summed E-state index contributed by atoms with van der Waals surface area (Å²) in [4.78, 5) is 31.4. The summed E-state index contributed by atoms with van der Waals surface area (Å²) < 4.78 is 5.69. The van der Waals surface area contributed by atoms with E-state index >= 15 is 0 Å². The number of unbranched alkanes of at least 4 members (excludes halogenated alkanes) is 1. The van der Waals surface area contributed by atoms with Crippen LogP contribution in [0.3, 0.4) is 0 Å². The Labute approximate surface area is 269 Å². The van der Waals surface area contributed by atoms with Gasteiger partial charge in [-0.1, -0.05) is 68.3 Å². The average molecular weight is 615 g/mol. The number of rotatable bonds is 7. The van der Waals surface area contributed by atoms with Crippen molar-refractivity contribution in [3.05, 3.63) is 84.4 Å². The van der Waals surface area contributed by atoms with Crippen molar-refractivity contribution in [1.29, 1.82) is 0 Å². The fraction of sp³-hybridized carbons (Fsp3) is 0.342. The third-order valence-corrected chi connectivity index (χ3v) is 8.96. The molecule has 46 heavy (non-hydrogen) atoms. The molecule has 0 aliphatic carbocycles. The summed E-state index contributed by atoms with van der Waals surface area (Å²) in [6.07, 6.45) is 4.62. The van der Waals surface area contributed by atoms with Crippen LogP contribution in [-0.4, -0.2) is 43.1 Å². The molecule has 2 unspecified atom stereocenters. The zero-order valence-corrected chi connectivity index (χ0v) is 27.1. The molecule has 1 saturated heterocycles. The van der Waals surface area contributed by atoms with Crippen LogP contribution in [0.15, 0.2) is 72.8 Å². The van der Waals surface area contributed by atoms with E-state index in [4.69, 9.17) is 20.4 Å². The summed E-state index contributed by atoms with van der Waals surface area (Å²) >= 11 is 0. The normalized spacial score (nSPS) is 16.1. The van der Waals surface area contributed by atoms with E-state index in [1.807, 2.05) is 20.8 Å². The zero-order chi connectivity index (χ0) is 32.0. The van der Waals surface area contributed by atoms with E-state index in [-0.39, 0.29) is 18.2 Å². The molecule has 0 spiro atoms. The van der Waals surface area contributed by atoms with Crippen LogP contribution < -0.4 is 5.73 Å². The molecule has 6 aromatic rings. The van der Waals surface area contributed by atoms with E-state index < -0.39 is 5.60 Å². The first-order chi connectivity index (χ1) is 22.2. The lowest BCUT2D eigenvalue weighted by atomic mass is 9.93. The number of nitrogens with two attached hydrogens (primary N) is 1. The van der Waals surface area contributed by atoms with Crippen LogP contribution in [0.4, 0.5) is 4.79 Å².